The van der Waals surface area contributed by atoms with Crippen LogP contribution in [0.2, 0.25) is 0 Å². The van der Waals surface area contributed by atoms with Crippen molar-refractivity contribution in [3.05, 3.63) is 29.6 Å². The highest BCUT2D eigenvalue weighted by molar-refractivity contribution is 7.89. The Morgan fingerprint density at radius 3 is 2.55 bits per heavy atom. The second kappa shape index (κ2) is 6.41. The molecular formula is C14H19ClFNO2S. The van der Waals surface area contributed by atoms with Crippen LogP contribution in [-0.2, 0) is 15.9 Å². The van der Waals surface area contributed by atoms with Gasteiger partial charge >= 0.3 is 0 Å². The van der Waals surface area contributed by atoms with Gasteiger partial charge in [0.25, 0.3) is 0 Å². The van der Waals surface area contributed by atoms with E-state index in [0.717, 1.165) is 25.7 Å². The highest BCUT2D eigenvalue weighted by atomic mass is 35.5. The summed E-state index contributed by atoms with van der Waals surface area (Å²) in [6.07, 6.45) is 3.76. The van der Waals surface area contributed by atoms with Gasteiger partial charge in [-0.25, -0.2) is 12.8 Å². The molecule has 0 aliphatic heterocycles. The molecule has 0 aromatic heterocycles. The molecule has 0 amide bonds. The summed E-state index contributed by atoms with van der Waals surface area (Å²) >= 11 is 5.71. The summed E-state index contributed by atoms with van der Waals surface area (Å²) in [7, 11) is -3.80. The first kappa shape index (κ1) is 15.7. The zero-order valence-corrected chi connectivity index (χ0v) is 13.1. The van der Waals surface area contributed by atoms with Crippen LogP contribution in [0.5, 0.6) is 0 Å². The predicted molar refractivity (Wildman–Crippen MR) is 77.8 cm³/mol. The fourth-order valence-corrected chi connectivity index (χ4v) is 4.75. The van der Waals surface area contributed by atoms with Crippen molar-refractivity contribution in [2.45, 2.75) is 49.4 Å². The van der Waals surface area contributed by atoms with Crippen LogP contribution in [0.15, 0.2) is 23.1 Å². The lowest BCUT2D eigenvalue weighted by Crippen LogP contribution is -2.39. The minimum atomic E-state index is -3.80. The first-order valence-electron chi connectivity index (χ1n) is 6.87. The van der Waals surface area contributed by atoms with Crippen LogP contribution >= 0.6 is 11.6 Å². The minimum Gasteiger partial charge on any atom is -0.207 e. The molecule has 20 heavy (non-hydrogen) atoms. The van der Waals surface area contributed by atoms with E-state index in [9.17, 15) is 12.8 Å². The maximum Gasteiger partial charge on any atom is 0.246 e. The molecule has 0 bridgehead atoms. The number of alkyl halides is 1. The molecule has 0 heterocycles. The van der Waals surface area contributed by atoms with E-state index in [4.69, 9.17) is 11.6 Å². The third-order valence-electron chi connectivity index (χ3n) is 3.78. The summed E-state index contributed by atoms with van der Waals surface area (Å²) < 4.78 is 40.7. The molecule has 0 atom stereocenters. The standard InChI is InChI=1S/C14H19ClFNO2S/c1-2-17(12-5-3-4-6-12)20(18,19)14-9-11(10-15)7-8-13(14)16/h7-9,12H,2-6,10H2,1H3. The average Bonchev–Trinajstić information content (AvgIpc) is 2.93. The lowest BCUT2D eigenvalue weighted by molar-refractivity contribution is 0.334. The zero-order valence-electron chi connectivity index (χ0n) is 11.5. The number of sulfonamides is 1. The van der Waals surface area contributed by atoms with Gasteiger partial charge in [-0.1, -0.05) is 25.8 Å². The van der Waals surface area contributed by atoms with Crippen LogP contribution in [0.4, 0.5) is 4.39 Å². The van der Waals surface area contributed by atoms with Crippen molar-refractivity contribution in [1.29, 1.82) is 0 Å². The van der Waals surface area contributed by atoms with Crippen molar-refractivity contribution in [2.24, 2.45) is 0 Å². The van der Waals surface area contributed by atoms with Gasteiger partial charge in [-0.3, -0.25) is 0 Å². The van der Waals surface area contributed by atoms with E-state index in [0.29, 0.717) is 12.1 Å². The van der Waals surface area contributed by atoms with Crippen LogP contribution in [-0.4, -0.2) is 25.3 Å². The molecule has 2 rings (SSSR count). The molecule has 0 radical (unpaired) electrons. The zero-order chi connectivity index (χ0) is 14.8. The molecule has 0 saturated heterocycles. The Balaban J connectivity index is 2.42. The Bertz CT molecular complexity index is 571. The first-order valence-corrected chi connectivity index (χ1v) is 8.84. The van der Waals surface area contributed by atoms with Crippen LogP contribution < -0.4 is 0 Å². The van der Waals surface area contributed by atoms with Gasteiger partial charge in [0.15, 0.2) is 0 Å². The number of hydrogen-bond donors (Lipinski definition) is 0. The predicted octanol–water partition coefficient (Wildman–Crippen LogP) is 3.52. The second-order valence-electron chi connectivity index (χ2n) is 5.05. The third-order valence-corrected chi connectivity index (χ3v) is 6.13. The van der Waals surface area contributed by atoms with E-state index >= 15 is 0 Å². The van der Waals surface area contributed by atoms with Gasteiger partial charge in [-0.2, -0.15) is 4.31 Å². The minimum absolute atomic E-state index is 0.0101. The van der Waals surface area contributed by atoms with Crippen LogP contribution in [0.3, 0.4) is 0 Å². The number of rotatable bonds is 5. The van der Waals surface area contributed by atoms with E-state index < -0.39 is 15.8 Å². The smallest absolute Gasteiger partial charge is 0.207 e. The molecule has 1 aromatic carbocycles. The van der Waals surface area contributed by atoms with Gasteiger partial charge < -0.3 is 0 Å². The van der Waals surface area contributed by atoms with Crippen molar-refractivity contribution in [2.75, 3.05) is 6.54 Å². The Kier molecular flexibility index (Phi) is 5.04. The summed E-state index contributed by atoms with van der Waals surface area (Å²) in [6.45, 7) is 2.15. The molecule has 1 saturated carbocycles. The summed E-state index contributed by atoms with van der Waals surface area (Å²) in [6, 6.07) is 4.01. The molecule has 1 aliphatic carbocycles. The molecule has 0 spiro atoms. The average molecular weight is 320 g/mol. The highest BCUT2D eigenvalue weighted by Gasteiger charge is 2.33. The molecule has 0 N–H and O–H groups in total. The quantitative estimate of drug-likeness (QED) is 0.779. The molecule has 1 aromatic rings. The van der Waals surface area contributed by atoms with Crippen molar-refractivity contribution < 1.29 is 12.8 Å². The summed E-state index contributed by atoms with van der Waals surface area (Å²) in [5.41, 5.74) is 0.606. The maximum atomic E-state index is 13.9. The van der Waals surface area contributed by atoms with E-state index in [1.165, 1.54) is 22.5 Å². The number of benzene rings is 1. The molecule has 6 heteroatoms. The van der Waals surface area contributed by atoms with Crippen LogP contribution in [0.1, 0.15) is 38.2 Å². The molecule has 0 unspecified atom stereocenters. The fraction of sp³-hybridized carbons (Fsp3) is 0.571. The van der Waals surface area contributed by atoms with Crippen LogP contribution in [0, 0.1) is 5.82 Å². The largest absolute Gasteiger partial charge is 0.246 e. The van der Waals surface area contributed by atoms with E-state index in [1.54, 1.807) is 6.92 Å². The van der Waals surface area contributed by atoms with E-state index in [-0.39, 0.29) is 16.8 Å². The topological polar surface area (TPSA) is 37.4 Å². The maximum absolute atomic E-state index is 13.9. The Morgan fingerprint density at radius 1 is 1.35 bits per heavy atom. The second-order valence-corrected chi connectivity index (χ2v) is 7.17. The lowest BCUT2D eigenvalue weighted by Gasteiger charge is -2.27. The summed E-state index contributed by atoms with van der Waals surface area (Å²) in [5, 5.41) is 0. The first-order chi connectivity index (χ1) is 9.50. The van der Waals surface area contributed by atoms with Gasteiger partial charge in [-0.05, 0) is 30.5 Å². The van der Waals surface area contributed by atoms with Gasteiger partial charge in [0.05, 0.1) is 0 Å². The summed E-state index contributed by atoms with van der Waals surface area (Å²) in [4.78, 5) is -0.260. The molecule has 112 valence electrons. The molecule has 3 nitrogen and oxygen atoms in total. The van der Waals surface area contributed by atoms with Crippen molar-refractivity contribution in [3.8, 4) is 0 Å². The molecule has 1 aliphatic rings. The molecular weight excluding hydrogens is 301 g/mol. The molecule has 1 fully saturated rings. The normalized spacial score (nSPS) is 17.0. The Labute approximate surface area is 124 Å². The van der Waals surface area contributed by atoms with E-state index in [1.807, 2.05) is 0 Å². The van der Waals surface area contributed by atoms with Crippen molar-refractivity contribution in [3.63, 3.8) is 0 Å². The fourth-order valence-electron chi connectivity index (χ4n) is 2.77. The van der Waals surface area contributed by atoms with Crippen molar-refractivity contribution in [1.82, 2.24) is 4.31 Å². The SMILES string of the molecule is CCN(C1CCCC1)S(=O)(=O)c1cc(CCl)ccc1F. The van der Waals surface area contributed by atoms with Gasteiger partial charge in [0, 0.05) is 18.5 Å². The Morgan fingerprint density at radius 2 is 2.00 bits per heavy atom. The van der Waals surface area contributed by atoms with Gasteiger partial charge in [0.1, 0.15) is 10.7 Å². The monoisotopic (exact) mass is 319 g/mol. The number of halogens is 2. The Hall–Kier alpha value is -0.650. The lowest BCUT2D eigenvalue weighted by atomic mass is 10.2. The van der Waals surface area contributed by atoms with Gasteiger partial charge in [-0.15, -0.1) is 11.6 Å². The third kappa shape index (κ3) is 3.00. The van der Waals surface area contributed by atoms with Crippen LogP contribution in [0.25, 0.3) is 0 Å². The number of nitrogens with zero attached hydrogens (tertiary/aromatic N) is 1. The van der Waals surface area contributed by atoms with Gasteiger partial charge in [0.2, 0.25) is 10.0 Å². The number of hydrogen-bond acceptors (Lipinski definition) is 2. The summed E-state index contributed by atoms with van der Waals surface area (Å²) in [5.74, 6) is -0.548. The van der Waals surface area contributed by atoms with Crippen molar-refractivity contribution >= 4 is 21.6 Å². The highest BCUT2D eigenvalue weighted by Crippen LogP contribution is 2.29. The van der Waals surface area contributed by atoms with E-state index in [2.05, 4.69) is 0 Å².